The van der Waals surface area contributed by atoms with Crippen LogP contribution in [-0.2, 0) is 11.3 Å². The Hall–Kier alpha value is -2.54. The summed E-state index contributed by atoms with van der Waals surface area (Å²) in [6.45, 7) is 11.8. The van der Waals surface area contributed by atoms with E-state index in [0.29, 0.717) is 12.4 Å². The summed E-state index contributed by atoms with van der Waals surface area (Å²) in [6, 6.07) is 9.46. The Balaban J connectivity index is 1.38. The van der Waals surface area contributed by atoms with Crippen molar-refractivity contribution < 1.29 is 14.3 Å². The average molecular weight is 386 g/mol. The predicted octanol–water partition coefficient (Wildman–Crippen LogP) is 2.12. The van der Waals surface area contributed by atoms with Crippen molar-refractivity contribution in [3.63, 3.8) is 0 Å². The van der Waals surface area contributed by atoms with Crippen LogP contribution in [0.15, 0.2) is 30.3 Å². The summed E-state index contributed by atoms with van der Waals surface area (Å²) >= 11 is 0. The molecule has 28 heavy (non-hydrogen) atoms. The molecular formula is C21H30N4O3. The van der Waals surface area contributed by atoms with E-state index in [1.807, 2.05) is 43.0 Å². The van der Waals surface area contributed by atoms with E-state index in [-0.39, 0.29) is 12.5 Å². The van der Waals surface area contributed by atoms with Gasteiger partial charge in [-0.1, -0.05) is 0 Å². The van der Waals surface area contributed by atoms with Crippen molar-refractivity contribution in [1.29, 1.82) is 0 Å². The average Bonchev–Trinajstić information content (AvgIpc) is 3.03. The van der Waals surface area contributed by atoms with Gasteiger partial charge in [-0.25, -0.2) is 0 Å². The molecule has 1 aliphatic rings. The second-order valence-electron chi connectivity index (χ2n) is 7.07. The molecule has 1 saturated heterocycles. The highest BCUT2D eigenvalue weighted by atomic mass is 16.5. The van der Waals surface area contributed by atoms with E-state index in [0.717, 1.165) is 50.7 Å². The molecule has 3 rings (SSSR count). The molecule has 0 N–H and O–H groups in total. The number of hydrogen-bond acceptors (Lipinski definition) is 5. The Morgan fingerprint density at radius 3 is 2.21 bits per heavy atom. The van der Waals surface area contributed by atoms with Crippen LogP contribution in [0.25, 0.3) is 0 Å². The molecular weight excluding hydrogens is 356 g/mol. The Kier molecular flexibility index (Phi) is 6.92. The van der Waals surface area contributed by atoms with E-state index in [1.54, 1.807) is 0 Å². The summed E-state index contributed by atoms with van der Waals surface area (Å²) in [6.07, 6.45) is 0. The number of carbonyl (C=O) groups excluding carboxylic acids is 1. The molecule has 0 bridgehead atoms. The van der Waals surface area contributed by atoms with Gasteiger partial charge in [-0.15, -0.1) is 0 Å². The maximum absolute atomic E-state index is 12.4. The smallest absolute Gasteiger partial charge is 0.260 e. The second kappa shape index (κ2) is 9.59. The molecule has 1 aliphatic heterocycles. The minimum atomic E-state index is 0.0343. The van der Waals surface area contributed by atoms with E-state index >= 15 is 0 Å². The van der Waals surface area contributed by atoms with Gasteiger partial charge in [-0.05, 0) is 51.1 Å². The topological polar surface area (TPSA) is 59.8 Å². The molecule has 2 heterocycles. The Morgan fingerprint density at radius 1 is 1.00 bits per heavy atom. The van der Waals surface area contributed by atoms with Gasteiger partial charge in [0, 0.05) is 38.4 Å². The molecule has 1 amide bonds. The van der Waals surface area contributed by atoms with Crippen molar-refractivity contribution in [1.82, 2.24) is 19.6 Å². The lowest BCUT2D eigenvalue weighted by Crippen LogP contribution is -2.50. The third-order valence-corrected chi connectivity index (χ3v) is 4.95. The summed E-state index contributed by atoms with van der Waals surface area (Å²) in [5, 5.41) is 4.51. The highest BCUT2D eigenvalue weighted by molar-refractivity contribution is 5.77. The molecule has 1 fully saturated rings. The van der Waals surface area contributed by atoms with Crippen LogP contribution in [0, 0.1) is 13.8 Å². The van der Waals surface area contributed by atoms with Crippen LogP contribution in [0.1, 0.15) is 18.3 Å². The molecule has 7 nitrogen and oxygen atoms in total. The lowest BCUT2D eigenvalue weighted by Gasteiger charge is -2.34. The summed E-state index contributed by atoms with van der Waals surface area (Å²) in [7, 11) is 0. The van der Waals surface area contributed by atoms with Gasteiger partial charge in [0.15, 0.2) is 6.61 Å². The number of ether oxygens (including phenoxy) is 2. The second-order valence-corrected chi connectivity index (χ2v) is 7.07. The van der Waals surface area contributed by atoms with Crippen LogP contribution in [-0.4, -0.2) is 71.4 Å². The number of rotatable bonds is 8. The van der Waals surface area contributed by atoms with Gasteiger partial charge in [0.2, 0.25) is 0 Å². The summed E-state index contributed by atoms with van der Waals surface area (Å²) < 4.78 is 13.1. The number of amides is 1. The van der Waals surface area contributed by atoms with Gasteiger partial charge in [0.25, 0.3) is 5.91 Å². The molecule has 0 aliphatic carbocycles. The molecule has 0 atom stereocenters. The summed E-state index contributed by atoms with van der Waals surface area (Å²) in [4.78, 5) is 16.7. The Bertz CT molecular complexity index is 764. The summed E-state index contributed by atoms with van der Waals surface area (Å²) in [5.74, 6) is 1.52. The third-order valence-electron chi connectivity index (χ3n) is 4.95. The monoisotopic (exact) mass is 386 g/mol. The van der Waals surface area contributed by atoms with Gasteiger partial charge >= 0.3 is 0 Å². The molecule has 0 saturated carbocycles. The number of aryl methyl sites for hydroxylation is 2. The summed E-state index contributed by atoms with van der Waals surface area (Å²) in [5.41, 5.74) is 2.25. The third kappa shape index (κ3) is 5.48. The van der Waals surface area contributed by atoms with E-state index in [1.165, 1.54) is 5.69 Å². The molecule has 0 unspecified atom stereocenters. The number of nitrogens with zero attached hydrogens (tertiary/aromatic N) is 4. The first-order chi connectivity index (χ1) is 13.5. The first-order valence-corrected chi connectivity index (χ1v) is 9.92. The zero-order valence-electron chi connectivity index (χ0n) is 17.1. The van der Waals surface area contributed by atoms with Gasteiger partial charge in [0.05, 0.1) is 18.8 Å². The minimum absolute atomic E-state index is 0.0343. The van der Waals surface area contributed by atoms with Crippen molar-refractivity contribution in [2.45, 2.75) is 27.3 Å². The molecule has 7 heteroatoms. The predicted molar refractivity (Wildman–Crippen MR) is 108 cm³/mol. The van der Waals surface area contributed by atoms with E-state index in [9.17, 15) is 4.79 Å². The lowest BCUT2D eigenvalue weighted by molar-refractivity contribution is -0.135. The van der Waals surface area contributed by atoms with Crippen molar-refractivity contribution >= 4 is 5.91 Å². The normalized spacial score (nSPS) is 14.9. The maximum atomic E-state index is 12.4. The maximum Gasteiger partial charge on any atom is 0.260 e. The van der Waals surface area contributed by atoms with Crippen LogP contribution in [0.4, 0.5) is 0 Å². The van der Waals surface area contributed by atoms with E-state index in [4.69, 9.17) is 9.47 Å². The largest absolute Gasteiger partial charge is 0.494 e. The Morgan fingerprint density at radius 2 is 1.64 bits per heavy atom. The van der Waals surface area contributed by atoms with Crippen LogP contribution >= 0.6 is 0 Å². The fraction of sp³-hybridized carbons (Fsp3) is 0.524. The van der Waals surface area contributed by atoms with E-state index in [2.05, 4.69) is 27.7 Å². The van der Waals surface area contributed by atoms with Gasteiger partial charge in [-0.2, -0.15) is 5.10 Å². The van der Waals surface area contributed by atoms with Crippen LogP contribution in [0.3, 0.4) is 0 Å². The number of carbonyl (C=O) groups is 1. The van der Waals surface area contributed by atoms with Gasteiger partial charge in [-0.3, -0.25) is 14.4 Å². The van der Waals surface area contributed by atoms with E-state index < -0.39 is 0 Å². The van der Waals surface area contributed by atoms with Crippen molar-refractivity contribution in [2.75, 3.05) is 45.9 Å². The van der Waals surface area contributed by atoms with Gasteiger partial charge < -0.3 is 14.4 Å². The molecule has 152 valence electrons. The van der Waals surface area contributed by atoms with Crippen LogP contribution in [0.2, 0.25) is 0 Å². The number of aromatic nitrogens is 2. The quantitative estimate of drug-likeness (QED) is 0.696. The minimum Gasteiger partial charge on any atom is -0.494 e. The Labute approximate surface area is 166 Å². The number of hydrogen-bond donors (Lipinski definition) is 0. The zero-order chi connectivity index (χ0) is 19.9. The van der Waals surface area contributed by atoms with Crippen LogP contribution < -0.4 is 9.47 Å². The molecule has 2 aromatic rings. The van der Waals surface area contributed by atoms with Gasteiger partial charge in [0.1, 0.15) is 11.5 Å². The zero-order valence-corrected chi connectivity index (χ0v) is 17.1. The molecule has 0 radical (unpaired) electrons. The fourth-order valence-electron chi connectivity index (χ4n) is 3.39. The van der Waals surface area contributed by atoms with Crippen molar-refractivity contribution in [3.05, 3.63) is 41.7 Å². The first-order valence-electron chi connectivity index (χ1n) is 9.92. The van der Waals surface area contributed by atoms with Crippen molar-refractivity contribution in [3.8, 4) is 11.5 Å². The highest BCUT2D eigenvalue weighted by Crippen LogP contribution is 2.17. The fourth-order valence-corrected chi connectivity index (χ4v) is 3.39. The van der Waals surface area contributed by atoms with Crippen LogP contribution in [0.5, 0.6) is 11.5 Å². The SMILES string of the molecule is CCOc1ccc(OCC(=O)N2CCN(CCn3nc(C)cc3C)CC2)cc1. The lowest BCUT2D eigenvalue weighted by atomic mass is 10.3. The molecule has 1 aromatic carbocycles. The standard InChI is InChI=1S/C21H30N4O3/c1-4-27-19-5-7-20(8-6-19)28-16-21(26)24-12-9-23(10-13-24)11-14-25-18(3)15-17(2)22-25/h5-8,15H,4,9-14,16H2,1-3H3. The highest BCUT2D eigenvalue weighted by Gasteiger charge is 2.21. The van der Waals surface area contributed by atoms with Crippen molar-refractivity contribution in [2.24, 2.45) is 0 Å². The first kappa shape index (κ1) is 20.2. The molecule has 1 aromatic heterocycles. The number of piperazine rings is 1. The number of benzene rings is 1. The molecule has 0 spiro atoms.